The molecule has 0 aromatic carbocycles. The van der Waals surface area contributed by atoms with Gasteiger partial charge in [-0.15, -0.1) is 0 Å². The average molecular weight is 209 g/mol. The van der Waals surface area contributed by atoms with Gasteiger partial charge in [0.25, 0.3) is 0 Å². The van der Waals surface area contributed by atoms with Gasteiger partial charge in [0, 0.05) is 12.1 Å². The summed E-state index contributed by atoms with van der Waals surface area (Å²) < 4.78 is 5.40. The molecule has 0 spiro atoms. The highest BCUT2D eigenvalue weighted by atomic mass is 16.5. The fraction of sp³-hybridized carbons (Fsp3) is 0.750. The Balaban J connectivity index is 2.03. The molecular weight excluding hydrogens is 190 g/mol. The summed E-state index contributed by atoms with van der Waals surface area (Å²) in [4.78, 5) is 14.2. The zero-order chi connectivity index (χ0) is 10.7. The molecule has 1 fully saturated rings. The highest BCUT2D eigenvalue weighted by Gasteiger charge is 2.28. The Bertz CT molecular complexity index is 273. The predicted octanol–water partition coefficient (Wildman–Crippen LogP) is 1.73. The molecule has 1 atom stereocenters. The van der Waals surface area contributed by atoms with Crippen molar-refractivity contribution in [2.45, 2.75) is 38.6 Å². The zero-order valence-corrected chi connectivity index (χ0v) is 9.37. The van der Waals surface area contributed by atoms with E-state index in [0.29, 0.717) is 13.2 Å². The number of carbonyl (C=O) groups excluding carboxylic acids is 1. The third-order valence-corrected chi connectivity index (χ3v) is 3.28. The first-order chi connectivity index (χ1) is 7.33. The van der Waals surface area contributed by atoms with Crippen molar-refractivity contribution < 1.29 is 9.53 Å². The summed E-state index contributed by atoms with van der Waals surface area (Å²) in [6.07, 6.45) is 6.26. The summed E-state index contributed by atoms with van der Waals surface area (Å²) in [7, 11) is 0. The summed E-state index contributed by atoms with van der Waals surface area (Å²) in [5.74, 6) is 0.252. The fourth-order valence-corrected chi connectivity index (χ4v) is 2.31. The van der Waals surface area contributed by atoms with E-state index in [2.05, 4.69) is 13.0 Å². The van der Waals surface area contributed by atoms with Gasteiger partial charge in [-0.2, -0.15) is 0 Å². The molecule has 1 aliphatic heterocycles. The minimum Gasteiger partial charge on any atom is -0.377 e. The minimum atomic E-state index is 0.252. The van der Waals surface area contributed by atoms with E-state index >= 15 is 0 Å². The summed E-state index contributed by atoms with van der Waals surface area (Å²) in [5.41, 5.74) is 1.02. The topological polar surface area (TPSA) is 29.5 Å². The molecule has 15 heavy (non-hydrogen) atoms. The Labute approximate surface area is 91.1 Å². The van der Waals surface area contributed by atoms with Gasteiger partial charge in [0.2, 0.25) is 5.91 Å². The first kappa shape index (κ1) is 10.7. The molecule has 1 aliphatic carbocycles. The van der Waals surface area contributed by atoms with E-state index in [0.717, 1.165) is 37.8 Å². The van der Waals surface area contributed by atoms with Crippen LogP contribution in [-0.2, 0) is 9.53 Å². The van der Waals surface area contributed by atoms with E-state index in [1.807, 2.05) is 4.90 Å². The number of hydrogen-bond donors (Lipinski definition) is 0. The molecule has 3 nitrogen and oxygen atoms in total. The molecule has 1 heterocycles. The number of rotatable bonds is 2. The number of ether oxygens (including phenoxy) is 1. The highest BCUT2D eigenvalue weighted by Crippen LogP contribution is 2.22. The summed E-state index contributed by atoms with van der Waals surface area (Å²) in [6.45, 7) is 4.27. The third-order valence-electron chi connectivity index (χ3n) is 3.28. The van der Waals surface area contributed by atoms with Gasteiger partial charge in [-0.3, -0.25) is 4.79 Å². The van der Waals surface area contributed by atoms with Crippen molar-refractivity contribution in [1.29, 1.82) is 0 Å². The Kier molecular flexibility index (Phi) is 3.41. The standard InChI is InChI=1S/C12H19NO2/c1-2-11-9-15-8-7-13(11)12(14)10-5-3-4-6-10/h5,11H,2-4,6-9H2,1H3. The molecule has 1 saturated heterocycles. The zero-order valence-electron chi connectivity index (χ0n) is 9.37. The van der Waals surface area contributed by atoms with E-state index in [9.17, 15) is 4.79 Å². The lowest BCUT2D eigenvalue weighted by atomic mass is 10.1. The maximum absolute atomic E-state index is 12.2. The molecule has 0 saturated carbocycles. The van der Waals surface area contributed by atoms with Crippen molar-refractivity contribution in [3.05, 3.63) is 11.6 Å². The highest BCUT2D eigenvalue weighted by molar-refractivity contribution is 5.94. The van der Waals surface area contributed by atoms with Crippen LogP contribution in [0.15, 0.2) is 11.6 Å². The first-order valence-electron chi connectivity index (χ1n) is 5.90. The Morgan fingerprint density at radius 3 is 3.20 bits per heavy atom. The van der Waals surface area contributed by atoms with E-state index in [1.165, 1.54) is 0 Å². The maximum atomic E-state index is 12.2. The fourth-order valence-electron chi connectivity index (χ4n) is 2.31. The van der Waals surface area contributed by atoms with Crippen LogP contribution in [-0.4, -0.2) is 36.6 Å². The van der Waals surface area contributed by atoms with Crippen LogP contribution >= 0.6 is 0 Å². The van der Waals surface area contributed by atoms with Gasteiger partial charge >= 0.3 is 0 Å². The number of amides is 1. The molecule has 0 aromatic rings. The van der Waals surface area contributed by atoms with E-state index in [-0.39, 0.29) is 11.9 Å². The van der Waals surface area contributed by atoms with Crippen molar-refractivity contribution in [3.8, 4) is 0 Å². The molecule has 0 radical (unpaired) electrons. The molecule has 2 rings (SSSR count). The second kappa shape index (κ2) is 4.79. The minimum absolute atomic E-state index is 0.252. The van der Waals surface area contributed by atoms with Crippen molar-refractivity contribution >= 4 is 5.91 Å². The second-order valence-electron chi connectivity index (χ2n) is 4.26. The largest absolute Gasteiger partial charge is 0.377 e. The van der Waals surface area contributed by atoms with Gasteiger partial charge in [-0.05, 0) is 25.7 Å². The van der Waals surface area contributed by atoms with Gasteiger partial charge in [-0.1, -0.05) is 13.0 Å². The van der Waals surface area contributed by atoms with Gasteiger partial charge < -0.3 is 9.64 Å². The molecular formula is C12H19NO2. The van der Waals surface area contributed by atoms with Crippen molar-refractivity contribution in [2.24, 2.45) is 0 Å². The predicted molar refractivity (Wildman–Crippen MR) is 58.5 cm³/mol. The van der Waals surface area contributed by atoms with Crippen LogP contribution in [0.4, 0.5) is 0 Å². The van der Waals surface area contributed by atoms with Gasteiger partial charge in [0.15, 0.2) is 0 Å². The van der Waals surface area contributed by atoms with E-state index < -0.39 is 0 Å². The van der Waals surface area contributed by atoms with Crippen LogP contribution in [0.1, 0.15) is 32.6 Å². The lowest BCUT2D eigenvalue weighted by Crippen LogP contribution is -2.48. The Morgan fingerprint density at radius 2 is 2.53 bits per heavy atom. The molecule has 84 valence electrons. The van der Waals surface area contributed by atoms with Gasteiger partial charge in [0.1, 0.15) is 0 Å². The van der Waals surface area contributed by atoms with E-state index in [4.69, 9.17) is 4.74 Å². The van der Waals surface area contributed by atoms with Crippen LogP contribution in [0.5, 0.6) is 0 Å². The third kappa shape index (κ3) is 2.23. The lowest BCUT2D eigenvalue weighted by Gasteiger charge is -2.35. The summed E-state index contributed by atoms with van der Waals surface area (Å²) in [5, 5.41) is 0. The molecule has 1 unspecified atom stereocenters. The molecule has 0 N–H and O–H groups in total. The maximum Gasteiger partial charge on any atom is 0.249 e. The monoisotopic (exact) mass is 209 g/mol. The van der Waals surface area contributed by atoms with Crippen molar-refractivity contribution in [1.82, 2.24) is 4.90 Å². The number of allylic oxidation sites excluding steroid dienone is 1. The van der Waals surface area contributed by atoms with Crippen LogP contribution in [0, 0.1) is 0 Å². The molecule has 3 heteroatoms. The first-order valence-corrected chi connectivity index (χ1v) is 5.90. The van der Waals surface area contributed by atoms with Gasteiger partial charge in [-0.25, -0.2) is 0 Å². The SMILES string of the molecule is CCC1COCCN1C(=O)C1=CCCC1. The molecule has 2 aliphatic rings. The van der Waals surface area contributed by atoms with Crippen LogP contribution < -0.4 is 0 Å². The van der Waals surface area contributed by atoms with E-state index in [1.54, 1.807) is 0 Å². The second-order valence-corrected chi connectivity index (χ2v) is 4.26. The van der Waals surface area contributed by atoms with Crippen molar-refractivity contribution in [3.63, 3.8) is 0 Å². The number of nitrogens with zero attached hydrogens (tertiary/aromatic N) is 1. The summed E-state index contributed by atoms with van der Waals surface area (Å²) in [6, 6.07) is 0.285. The lowest BCUT2D eigenvalue weighted by molar-refractivity contribution is -0.135. The Hall–Kier alpha value is -0.830. The van der Waals surface area contributed by atoms with Crippen LogP contribution in [0.3, 0.4) is 0 Å². The van der Waals surface area contributed by atoms with Crippen LogP contribution in [0.25, 0.3) is 0 Å². The smallest absolute Gasteiger partial charge is 0.249 e. The molecule has 1 amide bonds. The molecule has 0 bridgehead atoms. The van der Waals surface area contributed by atoms with Crippen molar-refractivity contribution in [2.75, 3.05) is 19.8 Å². The summed E-state index contributed by atoms with van der Waals surface area (Å²) >= 11 is 0. The number of morpholine rings is 1. The normalized spacial score (nSPS) is 26.6. The number of carbonyl (C=O) groups is 1. The Morgan fingerprint density at radius 1 is 1.67 bits per heavy atom. The quantitative estimate of drug-likeness (QED) is 0.693. The van der Waals surface area contributed by atoms with Crippen LogP contribution in [0.2, 0.25) is 0 Å². The number of hydrogen-bond acceptors (Lipinski definition) is 2. The van der Waals surface area contributed by atoms with Gasteiger partial charge in [0.05, 0.1) is 19.3 Å². The average Bonchev–Trinajstić information content (AvgIpc) is 2.81. The molecule has 0 aromatic heterocycles.